The normalized spacial score (nSPS) is 12.6. The van der Waals surface area contributed by atoms with E-state index in [4.69, 9.17) is 9.47 Å². The molecule has 1 unspecified atom stereocenters. The molecule has 38 heavy (non-hydrogen) atoms. The molecular formula is C26H26F4N4O3S. The number of halogens is 4. The highest BCUT2D eigenvalue weighted by Gasteiger charge is 2.40. The van der Waals surface area contributed by atoms with Gasteiger partial charge in [0.05, 0.1) is 27.4 Å². The number of hydrogen-bond donors (Lipinski definition) is 2. The van der Waals surface area contributed by atoms with Crippen LogP contribution in [-0.4, -0.2) is 49.2 Å². The summed E-state index contributed by atoms with van der Waals surface area (Å²) in [6, 6.07) is 10.9. The first-order valence-corrected chi connectivity index (χ1v) is 12.6. The van der Waals surface area contributed by atoms with E-state index in [0.29, 0.717) is 29.1 Å². The third kappa shape index (κ3) is 6.95. The topological polar surface area (TPSA) is 77.5 Å². The Kier molecular flexibility index (Phi) is 9.10. The fourth-order valence-corrected chi connectivity index (χ4v) is 4.57. The summed E-state index contributed by atoms with van der Waals surface area (Å²) < 4.78 is 70.3. The average molecular weight is 551 g/mol. The van der Waals surface area contributed by atoms with Gasteiger partial charge in [0.25, 0.3) is 0 Å². The Bertz CT molecular complexity index is 1350. The van der Waals surface area contributed by atoms with Crippen LogP contribution in [-0.2, 0) is 16.0 Å². The molecule has 3 aromatic heterocycles. The summed E-state index contributed by atoms with van der Waals surface area (Å²) in [6.07, 6.45) is -3.57. The van der Waals surface area contributed by atoms with Crippen LogP contribution in [0.15, 0.2) is 54.9 Å². The smallest absolute Gasteiger partial charge is 0.433 e. The lowest BCUT2D eigenvalue weighted by Gasteiger charge is -2.22. The average Bonchev–Trinajstić information content (AvgIpc) is 3.33. The number of anilines is 1. The maximum absolute atomic E-state index is 14.8. The molecule has 7 nitrogen and oxygen atoms in total. The third-order valence-electron chi connectivity index (χ3n) is 5.35. The second-order valence-corrected chi connectivity index (χ2v) is 9.18. The lowest BCUT2D eigenvalue weighted by molar-refractivity contribution is -0.209. The minimum absolute atomic E-state index is 0.0904. The number of ether oxygens (including phenoxy) is 3. The Morgan fingerprint density at radius 3 is 2.58 bits per heavy atom. The molecule has 0 amide bonds. The molecule has 0 radical (unpaired) electrons. The van der Waals surface area contributed by atoms with Crippen LogP contribution in [0.5, 0.6) is 11.5 Å². The molecule has 202 valence electrons. The number of alkyl halides is 3. The van der Waals surface area contributed by atoms with Crippen molar-refractivity contribution in [2.45, 2.75) is 25.9 Å². The van der Waals surface area contributed by atoms with Crippen LogP contribution in [0.2, 0.25) is 0 Å². The number of benzene rings is 1. The first-order chi connectivity index (χ1) is 18.3. The minimum Gasteiger partial charge on any atom is -0.453 e. The molecule has 0 aliphatic heterocycles. The summed E-state index contributed by atoms with van der Waals surface area (Å²) in [6.45, 7) is 3.32. The molecule has 0 spiro atoms. The molecule has 4 rings (SSSR count). The van der Waals surface area contributed by atoms with Crippen molar-refractivity contribution in [1.82, 2.24) is 15.3 Å². The highest BCUT2D eigenvalue weighted by Crippen LogP contribution is 2.39. The van der Waals surface area contributed by atoms with Crippen molar-refractivity contribution in [3.63, 3.8) is 0 Å². The summed E-state index contributed by atoms with van der Waals surface area (Å²) in [5.74, 6) is -0.598. The molecule has 0 aliphatic rings. The van der Waals surface area contributed by atoms with Crippen LogP contribution in [0.4, 0.5) is 23.2 Å². The maximum Gasteiger partial charge on any atom is 0.433 e. The number of nitrogens with zero attached hydrogens (tertiary/aromatic N) is 2. The largest absolute Gasteiger partial charge is 0.453 e. The van der Waals surface area contributed by atoms with E-state index in [0.717, 1.165) is 28.7 Å². The van der Waals surface area contributed by atoms with Gasteiger partial charge in [-0.1, -0.05) is 6.07 Å². The molecule has 3 heterocycles. The summed E-state index contributed by atoms with van der Waals surface area (Å²) >= 11 is 1.39. The highest BCUT2D eigenvalue weighted by atomic mass is 32.1. The molecule has 2 N–H and O–H groups in total. The lowest BCUT2D eigenvalue weighted by Crippen LogP contribution is -2.38. The number of methoxy groups -OCH3 is 1. The van der Waals surface area contributed by atoms with Crippen molar-refractivity contribution in [1.29, 1.82) is 0 Å². The van der Waals surface area contributed by atoms with Crippen molar-refractivity contribution < 1.29 is 31.8 Å². The zero-order chi connectivity index (χ0) is 27.1. The van der Waals surface area contributed by atoms with Crippen molar-refractivity contribution in [3.8, 4) is 22.1 Å². The predicted molar refractivity (Wildman–Crippen MR) is 138 cm³/mol. The third-order valence-corrected chi connectivity index (χ3v) is 6.51. The Balaban J connectivity index is 1.50. The van der Waals surface area contributed by atoms with Crippen molar-refractivity contribution >= 4 is 27.2 Å². The van der Waals surface area contributed by atoms with Crippen LogP contribution in [0.1, 0.15) is 12.5 Å². The van der Waals surface area contributed by atoms with Gasteiger partial charge in [0.1, 0.15) is 5.75 Å². The van der Waals surface area contributed by atoms with Gasteiger partial charge in [0.15, 0.2) is 11.6 Å². The molecule has 0 saturated carbocycles. The quantitative estimate of drug-likeness (QED) is 0.121. The molecule has 4 aromatic rings. The monoisotopic (exact) mass is 550 g/mol. The number of hydrogen-bond acceptors (Lipinski definition) is 8. The predicted octanol–water partition coefficient (Wildman–Crippen LogP) is 6.36. The van der Waals surface area contributed by atoms with Crippen molar-refractivity contribution in [2.75, 3.05) is 32.2 Å². The van der Waals surface area contributed by atoms with Crippen LogP contribution in [0.25, 0.3) is 20.8 Å². The number of rotatable bonds is 12. The van der Waals surface area contributed by atoms with E-state index in [1.165, 1.54) is 30.4 Å². The summed E-state index contributed by atoms with van der Waals surface area (Å²) in [7, 11) is 1.65. The van der Waals surface area contributed by atoms with E-state index in [2.05, 4.69) is 25.3 Å². The second-order valence-electron chi connectivity index (χ2n) is 8.12. The van der Waals surface area contributed by atoms with Gasteiger partial charge in [-0.15, -0.1) is 11.3 Å². The first-order valence-electron chi connectivity index (χ1n) is 11.7. The van der Waals surface area contributed by atoms with Gasteiger partial charge in [-0.2, -0.15) is 13.2 Å². The molecule has 0 fully saturated rings. The van der Waals surface area contributed by atoms with Crippen molar-refractivity contribution in [2.24, 2.45) is 0 Å². The Morgan fingerprint density at radius 1 is 1.05 bits per heavy atom. The summed E-state index contributed by atoms with van der Waals surface area (Å²) in [5, 5.41) is 5.42. The SMILES string of the molecule is CCOC(Nc1ccc(Oc2ccnc3cc(-c4ccc(CNCCOC)cn4)sc23)c(F)c1)C(F)(F)F. The number of fused-ring (bicyclic) bond motifs is 1. The summed E-state index contributed by atoms with van der Waals surface area (Å²) in [5.41, 5.74) is 2.35. The number of thiophene rings is 1. The first kappa shape index (κ1) is 27.7. The zero-order valence-corrected chi connectivity index (χ0v) is 21.5. The number of nitrogens with one attached hydrogen (secondary N) is 2. The van der Waals surface area contributed by atoms with Gasteiger partial charge in [-0.05, 0) is 36.8 Å². The Labute approximate surface area is 220 Å². The zero-order valence-electron chi connectivity index (χ0n) is 20.6. The van der Waals surface area contributed by atoms with Gasteiger partial charge >= 0.3 is 6.18 Å². The molecule has 1 atom stereocenters. The molecule has 0 bridgehead atoms. The van der Waals surface area contributed by atoms with E-state index in [-0.39, 0.29) is 18.0 Å². The van der Waals surface area contributed by atoms with Crippen LogP contribution >= 0.6 is 11.3 Å². The second kappa shape index (κ2) is 12.5. The number of pyridine rings is 2. The van der Waals surface area contributed by atoms with E-state index in [9.17, 15) is 17.6 Å². The van der Waals surface area contributed by atoms with E-state index in [1.807, 2.05) is 18.2 Å². The molecule has 1 aromatic carbocycles. The molecular weight excluding hydrogens is 524 g/mol. The van der Waals surface area contributed by atoms with E-state index in [1.54, 1.807) is 25.6 Å². The Morgan fingerprint density at radius 2 is 1.89 bits per heavy atom. The van der Waals surface area contributed by atoms with E-state index >= 15 is 0 Å². The highest BCUT2D eigenvalue weighted by molar-refractivity contribution is 7.22. The fraction of sp³-hybridized carbons (Fsp3) is 0.308. The lowest BCUT2D eigenvalue weighted by atomic mass is 10.2. The fourth-order valence-electron chi connectivity index (χ4n) is 3.53. The minimum atomic E-state index is -4.66. The molecule has 0 saturated heterocycles. The Hall–Kier alpha value is -3.32. The van der Waals surface area contributed by atoms with Gasteiger partial charge < -0.3 is 24.8 Å². The van der Waals surface area contributed by atoms with E-state index < -0.39 is 18.2 Å². The van der Waals surface area contributed by atoms with Crippen LogP contribution < -0.4 is 15.4 Å². The van der Waals surface area contributed by atoms with Gasteiger partial charge in [-0.25, -0.2) is 4.39 Å². The standard InChI is InChI=1S/C26H26F4N4O3S/c1-3-36-25(26(28,29)30)34-17-5-7-21(18(27)12-17)37-22-8-9-32-20-13-23(38-24(20)22)19-6-4-16(15-33-19)14-31-10-11-35-2/h4-9,12-13,15,25,31,34H,3,10-11,14H2,1-2H3. The molecule has 12 heteroatoms. The molecule has 0 aliphatic carbocycles. The van der Waals surface area contributed by atoms with Crippen LogP contribution in [0.3, 0.4) is 0 Å². The van der Waals surface area contributed by atoms with Gasteiger partial charge in [-0.3, -0.25) is 9.97 Å². The number of aromatic nitrogens is 2. The van der Waals surface area contributed by atoms with Gasteiger partial charge in [0, 0.05) is 57.0 Å². The van der Waals surface area contributed by atoms with Gasteiger partial charge in [0.2, 0.25) is 6.23 Å². The van der Waals surface area contributed by atoms with Crippen molar-refractivity contribution in [3.05, 3.63) is 66.2 Å². The maximum atomic E-state index is 14.8. The summed E-state index contributed by atoms with van der Waals surface area (Å²) in [4.78, 5) is 9.78. The van der Waals surface area contributed by atoms with Crippen LogP contribution in [0, 0.1) is 5.82 Å².